The molecule has 0 spiro atoms. The summed E-state index contributed by atoms with van der Waals surface area (Å²) < 4.78 is 0. The molecule has 0 aliphatic rings. The van der Waals surface area contributed by atoms with Gasteiger partial charge in [0.15, 0.2) is 0 Å². The predicted octanol–water partition coefficient (Wildman–Crippen LogP) is 2.93. The lowest BCUT2D eigenvalue weighted by atomic mass is 10.0. The fourth-order valence-electron chi connectivity index (χ4n) is 2.86. The van der Waals surface area contributed by atoms with Crippen LogP contribution in [0.2, 0.25) is 0 Å². The number of likely N-dealkylation sites (N-methyl/N-ethyl adjacent to an activating group) is 2. The van der Waals surface area contributed by atoms with E-state index in [1.807, 2.05) is 43.4 Å². The molecule has 4 heteroatoms. The maximum Gasteiger partial charge on any atom is 0.241 e. The smallest absolute Gasteiger partial charge is 0.241 e. The van der Waals surface area contributed by atoms with Crippen molar-refractivity contribution in [1.29, 1.82) is 0 Å². The molecule has 4 nitrogen and oxygen atoms in total. The quantitative estimate of drug-likeness (QED) is 0.763. The third-order valence-electron chi connectivity index (χ3n) is 4.39. The summed E-state index contributed by atoms with van der Waals surface area (Å²) in [5.41, 5.74) is 2.31. The molecular weight excluding hydrogens is 310 g/mol. The molecule has 0 radical (unpaired) electrons. The van der Waals surface area contributed by atoms with E-state index in [0.29, 0.717) is 6.54 Å². The van der Waals surface area contributed by atoms with E-state index in [0.717, 1.165) is 25.2 Å². The van der Waals surface area contributed by atoms with Crippen molar-refractivity contribution in [3.8, 4) is 0 Å². The van der Waals surface area contributed by atoms with Gasteiger partial charge in [0, 0.05) is 19.6 Å². The summed E-state index contributed by atoms with van der Waals surface area (Å²) in [5, 5.41) is 3.09. The second-order valence-electron chi connectivity index (χ2n) is 6.40. The zero-order valence-corrected chi connectivity index (χ0v) is 15.5. The lowest BCUT2D eigenvalue weighted by molar-refractivity contribution is -0.126. The number of rotatable bonds is 9. The van der Waals surface area contributed by atoms with E-state index in [4.69, 9.17) is 0 Å². The summed E-state index contributed by atoms with van der Waals surface area (Å²) in [5.74, 6) is 0.0589. The molecule has 2 aromatic carbocycles. The Morgan fingerprint density at radius 1 is 1.00 bits per heavy atom. The zero-order valence-electron chi connectivity index (χ0n) is 15.5. The third kappa shape index (κ3) is 6.00. The highest BCUT2D eigenvalue weighted by Gasteiger charge is 2.23. The van der Waals surface area contributed by atoms with E-state index < -0.39 is 0 Å². The molecule has 1 amide bonds. The molecule has 0 aliphatic carbocycles. The van der Waals surface area contributed by atoms with Crippen LogP contribution in [0.5, 0.6) is 0 Å². The largest absolute Gasteiger partial charge is 0.353 e. The Kier molecular flexibility index (Phi) is 7.64. The van der Waals surface area contributed by atoms with Gasteiger partial charge < -0.3 is 10.2 Å². The zero-order chi connectivity index (χ0) is 18.1. The highest BCUT2D eigenvalue weighted by atomic mass is 16.2. The average Bonchev–Trinajstić information content (AvgIpc) is 2.63. The molecule has 2 rings (SSSR count). The molecule has 1 N–H and O–H groups in total. The highest BCUT2D eigenvalue weighted by molar-refractivity contribution is 5.83. The minimum Gasteiger partial charge on any atom is -0.353 e. The molecular formula is C21H29N3O. The number of benzene rings is 2. The van der Waals surface area contributed by atoms with Gasteiger partial charge in [-0.1, -0.05) is 67.6 Å². The number of carbonyl (C=O) groups excluding carboxylic acids is 1. The van der Waals surface area contributed by atoms with Gasteiger partial charge in [-0.25, -0.2) is 0 Å². The summed E-state index contributed by atoms with van der Waals surface area (Å²) in [6.45, 7) is 5.23. The molecule has 0 saturated heterocycles. The van der Waals surface area contributed by atoms with Gasteiger partial charge in [0.05, 0.1) is 0 Å². The van der Waals surface area contributed by atoms with E-state index in [1.165, 1.54) is 5.56 Å². The van der Waals surface area contributed by atoms with Crippen molar-refractivity contribution in [3.05, 3.63) is 71.8 Å². The molecule has 25 heavy (non-hydrogen) atoms. The van der Waals surface area contributed by atoms with Crippen molar-refractivity contribution in [2.24, 2.45) is 0 Å². The van der Waals surface area contributed by atoms with E-state index in [2.05, 4.69) is 53.4 Å². The fourth-order valence-corrected chi connectivity index (χ4v) is 2.86. The summed E-state index contributed by atoms with van der Waals surface area (Å²) in [6.07, 6.45) is 0. The van der Waals surface area contributed by atoms with Crippen molar-refractivity contribution in [3.63, 3.8) is 0 Å². The second-order valence-corrected chi connectivity index (χ2v) is 6.40. The Balaban J connectivity index is 1.86. The number of hydrogen-bond donors (Lipinski definition) is 1. The first-order valence-electron chi connectivity index (χ1n) is 8.87. The van der Waals surface area contributed by atoms with Crippen molar-refractivity contribution in [2.45, 2.75) is 19.5 Å². The van der Waals surface area contributed by atoms with Crippen LogP contribution in [0.15, 0.2) is 60.7 Å². The molecule has 0 bridgehead atoms. The normalized spacial score (nSPS) is 12.4. The molecule has 134 valence electrons. The maximum absolute atomic E-state index is 12.7. The van der Waals surface area contributed by atoms with Crippen LogP contribution in [-0.2, 0) is 11.3 Å². The van der Waals surface area contributed by atoms with E-state index in [1.54, 1.807) is 0 Å². The van der Waals surface area contributed by atoms with Crippen LogP contribution < -0.4 is 5.32 Å². The number of nitrogens with zero attached hydrogens (tertiary/aromatic N) is 2. The lowest BCUT2D eigenvalue weighted by Crippen LogP contribution is -2.41. The number of nitrogens with one attached hydrogen (secondary N) is 1. The van der Waals surface area contributed by atoms with Crippen molar-refractivity contribution in [1.82, 2.24) is 15.1 Å². The average molecular weight is 339 g/mol. The standard InChI is InChI=1S/C21H29N3O/c1-4-24(3)20(19-13-9-6-10-14-19)21(25)22-15-16-23(2)17-18-11-7-5-8-12-18/h5-14,20H,4,15-17H2,1-3H3,(H,22,25). The number of hydrogen-bond acceptors (Lipinski definition) is 3. The molecule has 0 heterocycles. The Morgan fingerprint density at radius 3 is 2.20 bits per heavy atom. The number of amides is 1. The Bertz CT molecular complexity index is 630. The van der Waals surface area contributed by atoms with E-state index in [-0.39, 0.29) is 11.9 Å². The first-order chi connectivity index (χ1) is 12.1. The van der Waals surface area contributed by atoms with Crippen molar-refractivity contribution in [2.75, 3.05) is 33.7 Å². The van der Waals surface area contributed by atoms with Gasteiger partial charge in [0.1, 0.15) is 6.04 Å². The summed E-state index contributed by atoms with van der Waals surface area (Å²) in [4.78, 5) is 17.0. The monoisotopic (exact) mass is 339 g/mol. The van der Waals surface area contributed by atoms with Crippen LogP contribution >= 0.6 is 0 Å². The lowest BCUT2D eigenvalue weighted by Gasteiger charge is -2.27. The molecule has 0 fully saturated rings. The highest BCUT2D eigenvalue weighted by Crippen LogP contribution is 2.19. The fraction of sp³-hybridized carbons (Fsp3) is 0.381. The van der Waals surface area contributed by atoms with Crippen LogP contribution in [0.1, 0.15) is 24.1 Å². The minimum atomic E-state index is -0.245. The van der Waals surface area contributed by atoms with Crippen LogP contribution in [0, 0.1) is 0 Å². The van der Waals surface area contributed by atoms with Crippen LogP contribution in [0.3, 0.4) is 0 Å². The molecule has 2 aromatic rings. The van der Waals surface area contributed by atoms with Gasteiger partial charge in [0.2, 0.25) is 5.91 Å². The van der Waals surface area contributed by atoms with E-state index in [9.17, 15) is 4.79 Å². The van der Waals surface area contributed by atoms with E-state index >= 15 is 0 Å². The topological polar surface area (TPSA) is 35.6 Å². The first kappa shape index (κ1) is 19.2. The minimum absolute atomic E-state index is 0.0589. The van der Waals surface area contributed by atoms with Crippen molar-refractivity contribution >= 4 is 5.91 Å². The second kappa shape index (κ2) is 9.97. The third-order valence-corrected chi connectivity index (χ3v) is 4.39. The molecule has 1 unspecified atom stereocenters. The Labute approximate surface area is 151 Å². The van der Waals surface area contributed by atoms with Crippen LogP contribution in [0.25, 0.3) is 0 Å². The SMILES string of the molecule is CCN(C)C(C(=O)NCCN(C)Cc1ccccc1)c1ccccc1. The summed E-state index contributed by atoms with van der Waals surface area (Å²) in [6, 6.07) is 20.1. The Hall–Kier alpha value is -2.17. The first-order valence-corrected chi connectivity index (χ1v) is 8.87. The van der Waals surface area contributed by atoms with Gasteiger partial charge in [-0.15, -0.1) is 0 Å². The number of carbonyl (C=O) groups is 1. The van der Waals surface area contributed by atoms with Gasteiger partial charge in [0.25, 0.3) is 0 Å². The Morgan fingerprint density at radius 2 is 1.60 bits per heavy atom. The summed E-state index contributed by atoms with van der Waals surface area (Å²) >= 11 is 0. The van der Waals surface area contributed by atoms with Gasteiger partial charge in [-0.05, 0) is 31.8 Å². The van der Waals surface area contributed by atoms with Gasteiger partial charge in [-0.2, -0.15) is 0 Å². The van der Waals surface area contributed by atoms with Crippen molar-refractivity contribution < 1.29 is 4.79 Å². The maximum atomic E-state index is 12.7. The molecule has 0 aliphatic heterocycles. The van der Waals surface area contributed by atoms with Crippen LogP contribution in [-0.4, -0.2) is 49.4 Å². The molecule has 1 atom stereocenters. The summed E-state index contributed by atoms with van der Waals surface area (Å²) in [7, 11) is 4.06. The van der Waals surface area contributed by atoms with Gasteiger partial charge in [-0.3, -0.25) is 9.69 Å². The van der Waals surface area contributed by atoms with Gasteiger partial charge >= 0.3 is 0 Å². The molecule has 0 aromatic heterocycles. The predicted molar refractivity (Wildman–Crippen MR) is 103 cm³/mol. The molecule has 0 saturated carbocycles. The van der Waals surface area contributed by atoms with Crippen LogP contribution in [0.4, 0.5) is 0 Å².